The van der Waals surface area contributed by atoms with Crippen LogP contribution in [0.5, 0.6) is 11.5 Å². The Balaban J connectivity index is 2.38. The largest absolute Gasteiger partial charge is 0.457 e. The normalized spacial score (nSPS) is 11.4. The predicted molar refractivity (Wildman–Crippen MR) is 73.6 cm³/mol. The third-order valence-electron chi connectivity index (χ3n) is 2.61. The molecule has 0 saturated carbocycles. The summed E-state index contributed by atoms with van der Waals surface area (Å²) in [5.41, 5.74) is 5.45. The zero-order valence-corrected chi connectivity index (χ0v) is 11.8. The molecule has 0 atom stereocenters. The molecule has 0 spiro atoms. The Labute approximate surface area is 122 Å². The minimum absolute atomic E-state index is 0.241. The van der Waals surface area contributed by atoms with Crippen molar-refractivity contribution in [2.24, 2.45) is 5.73 Å². The molecule has 0 bridgehead atoms. The molecule has 0 aliphatic rings. The van der Waals surface area contributed by atoms with Gasteiger partial charge in [0.1, 0.15) is 11.5 Å². The molecule has 106 valence electrons. The van der Waals surface area contributed by atoms with Gasteiger partial charge in [-0.15, -0.1) is 0 Å². The first-order valence-corrected chi connectivity index (χ1v) is 6.53. The molecule has 0 aliphatic heterocycles. The van der Waals surface area contributed by atoms with E-state index in [9.17, 15) is 13.2 Å². The maximum Gasteiger partial charge on any atom is 0.420 e. The molecule has 0 amide bonds. The summed E-state index contributed by atoms with van der Waals surface area (Å²) in [4.78, 5) is 0. The fourth-order valence-corrected chi connectivity index (χ4v) is 2.04. The summed E-state index contributed by atoms with van der Waals surface area (Å²) in [5, 5.41) is 0. The van der Waals surface area contributed by atoms with Gasteiger partial charge < -0.3 is 10.5 Å². The van der Waals surface area contributed by atoms with Gasteiger partial charge in [0.25, 0.3) is 0 Å². The number of benzene rings is 2. The van der Waals surface area contributed by atoms with Crippen LogP contribution in [0.3, 0.4) is 0 Å². The quantitative estimate of drug-likeness (QED) is 0.873. The maximum absolute atomic E-state index is 13.0. The van der Waals surface area contributed by atoms with Gasteiger partial charge in [-0.2, -0.15) is 13.2 Å². The topological polar surface area (TPSA) is 35.2 Å². The molecule has 2 nitrogen and oxygen atoms in total. The molecule has 0 unspecified atom stereocenters. The minimum atomic E-state index is -4.48. The van der Waals surface area contributed by atoms with E-state index in [-0.39, 0.29) is 5.75 Å². The van der Waals surface area contributed by atoms with E-state index in [0.717, 1.165) is 11.6 Å². The first-order chi connectivity index (χ1) is 9.40. The molecule has 2 aromatic rings. The molecular weight excluding hydrogens is 335 g/mol. The smallest absolute Gasteiger partial charge is 0.420 e. The summed E-state index contributed by atoms with van der Waals surface area (Å²) in [6, 6.07) is 10.4. The van der Waals surface area contributed by atoms with Crippen molar-refractivity contribution in [3.63, 3.8) is 0 Å². The van der Waals surface area contributed by atoms with E-state index in [2.05, 4.69) is 15.9 Å². The van der Waals surface area contributed by atoms with Crippen molar-refractivity contribution in [2.45, 2.75) is 12.7 Å². The number of alkyl halides is 3. The number of hydrogen-bond acceptors (Lipinski definition) is 2. The second-order valence-electron chi connectivity index (χ2n) is 4.09. The Bertz CT molecular complexity index is 614. The summed E-state index contributed by atoms with van der Waals surface area (Å²) in [5.74, 6) is 0.0793. The van der Waals surface area contributed by atoms with Gasteiger partial charge in [0.15, 0.2) is 0 Å². The first kappa shape index (κ1) is 14.9. The van der Waals surface area contributed by atoms with Gasteiger partial charge in [-0.1, -0.05) is 28.1 Å². The van der Waals surface area contributed by atoms with Crippen molar-refractivity contribution in [3.05, 3.63) is 58.1 Å². The van der Waals surface area contributed by atoms with E-state index in [1.165, 1.54) is 12.1 Å². The summed E-state index contributed by atoms with van der Waals surface area (Å²) >= 11 is 3.02. The highest BCUT2D eigenvalue weighted by atomic mass is 79.9. The van der Waals surface area contributed by atoms with Crippen LogP contribution in [0, 0.1) is 0 Å². The lowest BCUT2D eigenvalue weighted by atomic mass is 10.2. The molecule has 2 aromatic carbocycles. The fraction of sp³-hybridized carbons (Fsp3) is 0.143. The number of nitrogens with two attached hydrogens (primary N) is 1. The Hall–Kier alpha value is -1.53. The molecule has 0 fully saturated rings. The lowest BCUT2D eigenvalue weighted by Crippen LogP contribution is -2.07. The highest BCUT2D eigenvalue weighted by Crippen LogP contribution is 2.39. The molecule has 20 heavy (non-hydrogen) atoms. The zero-order chi connectivity index (χ0) is 14.8. The highest BCUT2D eigenvalue weighted by Gasteiger charge is 2.34. The summed E-state index contributed by atoms with van der Waals surface area (Å²) in [7, 11) is 0. The van der Waals surface area contributed by atoms with Crippen molar-refractivity contribution >= 4 is 15.9 Å². The Morgan fingerprint density at radius 3 is 2.50 bits per heavy atom. The molecule has 6 heteroatoms. The van der Waals surface area contributed by atoms with E-state index in [1.54, 1.807) is 24.3 Å². The number of hydrogen-bond donors (Lipinski definition) is 1. The Morgan fingerprint density at radius 2 is 1.85 bits per heavy atom. The van der Waals surface area contributed by atoms with Crippen molar-refractivity contribution in [1.29, 1.82) is 0 Å². The second kappa shape index (κ2) is 5.85. The van der Waals surface area contributed by atoms with Crippen LogP contribution < -0.4 is 10.5 Å². The third kappa shape index (κ3) is 3.52. The van der Waals surface area contributed by atoms with Crippen molar-refractivity contribution in [2.75, 3.05) is 0 Å². The van der Waals surface area contributed by atoms with Crippen molar-refractivity contribution < 1.29 is 17.9 Å². The van der Waals surface area contributed by atoms with E-state index in [0.29, 0.717) is 16.8 Å². The third-order valence-corrected chi connectivity index (χ3v) is 3.10. The molecule has 0 heterocycles. The van der Waals surface area contributed by atoms with Crippen LogP contribution in [0.1, 0.15) is 11.1 Å². The van der Waals surface area contributed by atoms with E-state index < -0.39 is 11.7 Å². The first-order valence-electron chi connectivity index (χ1n) is 5.74. The average Bonchev–Trinajstić information content (AvgIpc) is 2.40. The van der Waals surface area contributed by atoms with Gasteiger partial charge in [-0.05, 0) is 35.9 Å². The van der Waals surface area contributed by atoms with Gasteiger partial charge in [0.05, 0.1) is 5.56 Å². The Morgan fingerprint density at radius 1 is 1.10 bits per heavy atom. The molecule has 0 aromatic heterocycles. The maximum atomic E-state index is 13.0. The van der Waals surface area contributed by atoms with Gasteiger partial charge in [-0.3, -0.25) is 0 Å². The van der Waals surface area contributed by atoms with Crippen LogP contribution in [0.25, 0.3) is 0 Å². The van der Waals surface area contributed by atoms with Gasteiger partial charge in [-0.25, -0.2) is 0 Å². The fourth-order valence-electron chi connectivity index (χ4n) is 1.68. The molecular formula is C14H11BrF3NO. The van der Waals surface area contributed by atoms with Crippen LogP contribution in [-0.2, 0) is 12.7 Å². The molecule has 0 saturated heterocycles. The van der Waals surface area contributed by atoms with Crippen LogP contribution in [0.4, 0.5) is 13.2 Å². The summed E-state index contributed by atoms with van der Waals surface area (Å²) < 4.78 is 44.5. The standard InChI is InChI=1S/C14H11BrF3NO/c15-10-4-5-13(12(7-10)14(16,17)18)20-11-3-1-2-9(6-11)8-19/h1-7H,8,19H2. The predicted octanol–water partition coefficient (Wildman–Crippen LogP) is 4.72. The van der Waals surface area contributed by atoms with Crippen molar-refractivity contribution in [1.82, 2.24) is 0 Å². The lowest BCUT2D eigenvalue weighted by molar-refractivity contribution is -0.138. The summed E-state index contributed by atoms with van der Waals surface area (Å²) in [6.07, 6.45) is -4.48. The van der Waals surface area contributed by atoms with Gasteiger partial charge in [0.2, 0.25) is 0 Å². The number of rotatable bonds is 3. The second-order valence-corrected chi connectivity index (χ2v) is 5.01. The SMILES string of the molecule is NCc1cccc(Oc2ccc(Br)cc2C(F)(F)F)c1. The van der Waals surface area contributed by atoms with Crippen molar-refractivity contribution in [3.8, 4) is 11.5 Å². The monoisotopic (exact) mass is 345 g/mol. The van der Waals surface area contributed by atoms with Crippen LogP contribution in [-0.4, -0.2) is 0 Å². The minimum Gasteiger partial charge on any atom is -0.457 e. The van der Waals surface area contributed by atoms with Gasteiger partial charge >= 0.3 is 6.18 Å². The number of ether oxygens (including phenoxy) is 1. The Kier molecular flexibility index (Phi) is 4.35. The average molecular weight is 346 g/mol. The molecule has 0 radical (unpaired) electrons. The number of halogens is 4. The summed E-state index contributed by atoms with van der Waals surface area (Å²) in [6.45, 7) is 0.295. The lowest BCUT2D eigenvalue weighted by Gasteiger charge is -2.14. The van der Waals surface area contributed by atoms with Gasteiger partial charge in [0, 0.05) is 11.0 Å². The highest BCUT2D eigenvalue weighted by molar-refractivity contribution is 9.10. The zero-order valence-electron chi connectivity index (χ0n) is 10.2. The van der Waals surface area contributed by atoms with Crippen LogP contribution >= 0.6 is 15.9 Å². The van der Waals surface area contributed by atoms with Crippen LogP contribution in [0.2, 0.25) is 0 Å². The molecule has 2 rings (SSSR count). The molecule has 2 N–H and O–H groups in total. The van der Waals surface area contributed by atoms with Crippen LogP contribution in [0.15, 0.2) is 46.9 Å². The molecule has 0 aliphatic carbocycles. The van der Waals surface area contributed by atoms with E-state index >= 15 is 0 Å². The van der Waals surface area contributed by atoms with E-state index in [1.807, 2.05) is 0 Å². The van der Waals surface area contributed by atoms with E-state index in [4.69, 9.17) is 10.5 Å².